The SMILES string of the molecule is COCCNC(=O)C[C@@H]1S/C(=N/N=C\c2ccc(OCc3ccccc3)c(OC)c2)NC1=O. The Morgan fingerprint density at radius 2 is 2.00 bits per heavy atom. The Morgan fingerprint density at radius 3 is 2.76 bits per heavy atom. The number of rotatable bonds is 11. The molecule has 2 N–H and O–H groups in total. The van der Waals surface area contributed by atoms with Crippen LogP contribution in [0.3, 0.4) is 0 Å². The summed E-state index contributed by atoms with van der Waals surface area (Å²) < 4.78 is 16.2. The van der Waals surface area contributed by atoms with Crippen LogP contribution in [0, 0.1) is 0 Å². The minimum absolute atomic E-state index is 0.0601. The van der Waals surface area contributed by atoms with Gasteiger partial charge in [-0.15, -0.1) is 5.10 Å². The third-order valence-electron chi connectivity index (χ3n) is 4.56. The molecule has 2 aromatic carbocycles. The number of hydrogen-bond donors (Lipinski definition) is 2. The first-order valence-electron chi connectivity index (χ1n) is 10.3. The number of ether oxygens (including phenoxy) is 3. The van der Waals surface area contributed by atoms with Gasteiger partial charge in [0.15, 0.2) is 16.7 Å². The van der Waals surface area contributed by atoms with Crippen LogP contribution in [0.2, 0.25) is 0 Å². The quantitative estimate of drug-likeness (QED) is 0.296. The summed E-state index contributed by atoms with van der Waals surface area (Å²) in [6.45, 7) is 1.25. The Hall–Kier alpha value is -3.37. The van der Waals surface area contributed by atoms with Gasteiger partial charge in [-0.1, -0.05) is 42.1 Å². The van der Waals surface area contributed by atoms with E-state index < -0.39 is 5.25 Å². The second-order valence-electron chi connectivity index (χ2n) is 6.98. The Morgan fingerprint density at radius 1 is 1.18 bits per heavy atom. The van der Waals surface area contributed by atoms with Crippen molar-refractivity contribution in [2.75, 3.05) is 27.4 Å². The molecule has 0 saturated carbocycles. The summed E-state index contributed by atoms with van der Waals surface area (Å²) in [6.07, 6.45) is 1.61. The molecule has 9 nitrogen and oxygen atoms in total. The smallest absolute Gasteiger partial charge is 0.240 e. The zero-order chi connectivity index (χ0) is 23.5. The van der Waals surface area contributed by atoms with Crippen molar-refractivity contribution in [2.24, 2.45) is 10.2 Å². The van der Waals surface area contributed by atoms with Crippen molar-refractivity contribution in [3.8, 4) is 11.5 Å². The summed E-state index contributed by atoms with van der Waals surface area (Å²) in [5.74, 6) is 0.712. The molecule has 1 fully saturated rings. The van der Waals surface area contributed by atoms with Gasteiger partial charge in [-0.3, -0.25) is 9.59 Å². The van der Waals surface area contributed by atoms with Gasteiger partial charge in [0.2, 0.25) is 11.8 Å². The molecule has 1 atom stereocenters. The van der Waals surface area contributed by atoms with E-state index in [1.54, 1.807) is 32.6 Å². The van der Waals surface area contributed by atoms with E-state index in [2.05, 4.69) is 20.8 Å². The molecule has 0 radical (unpaired) electrons. The van der Waals surface area contributed by atoms with Crippen LogP contribution >= 0.6 is 11.8 Å². The van der Waals surface area contributed by atoms with Gasteiger partial charge in [-0.2, -0.15) is 5.10 Å². The van der Waals surface area contributed by atoms with Gasteiger partial charge in [-0.25, -0.2) is 0 Å². The van der Waals surface area contributed by atoms with Gasteiger partial charge in [-0.05, 0) is 29.3 Å². The fourth-order valence-corrected chi connectivity index (χ4v) is 3.81. The predicted octanol–water partition coefficient (Wildman–Crippen LogP) is 2.35. The Kier molecular flexibility index (Phi) is 9.28. The molecule has 1 aliphatic rings. The summed E-state index contributed by atoms with van der Waals surface area (Å²) in [6, 6.07) is 15.3. The molecule has 1 heterocycles. The molecule has 3 rings (SSSR count). The number of amidine groups is 1. The molecule has 1 aliphatic heterocycles. The van der Waals surface area contributed by atoms with E-state index >= 15 is 0 Å². The normalized spacial score (nSPS) is 16.7. The largest absolute Gasteiger partial charge is 0.493 e. The molecule has 0 unspecified atom stereocenters. The standard InChI is InChI=1S/C23H26N4O5S/c1-30-11-10-24-21(28)13-20-22(29)26-23(33-20)27-25-14-17-8-9-18(19(12-17)31-2)32-15-16-6-4-3-5-7-16/h3-9,12,14,20H,10-11,13,15H2,1-2H3,(H,24,28)(H,26,27,29)/b25-14-/t20-/m0/s1. The first-order valence-corrected chi connectivity index (χ1v) is 11.2. The molecular weight excluding hydrogens is 444 g/mol. The molecule has 0 spiro atoms. The maximum absolute atomic E-state index is 12.1. The zero-order valence-corrected chi connectivity index (χ0v) is 19.3. The third-order valence-corrected chi connectivity index (χ3v) is 5.63. The molecule has 1 saturated heterocycles. The van der Waals surface area contributed by atoms with E-state index in [1.807, 2.05) is 36.4 Å². The minimum atomic E-state index is -0.539. The second kappa shape index (κ2) is 12.6. The number of benzene rings is 2. The summed E-state index contributed by atoms with van der Waals surface area (Å²) >= 11 is 1.17. The molecule has 0 aromatic heterocycles. The van der Waals surface area contributed by atoms with Gasteiger partial charge in [0, 0.05) is 20.1 Å². The summed E-state index contributed by atoms with van der Waals surface area (Å²) in [7, 11) is 3.13. The Balaban J connectivity index is 1.54. The van der Waals surface area contributed by atoms with Crippen molar-refractivity contribution in [2.45, 2.75) is 18.3 Å². The van der Waals surface area contributed by atoms with Crippen LogP contribution < -0.4 is 20.1 Å². The van der Waals surface area contributed by atoms with Crippen LogP contribution in [0.1, 0.15) is 17.5 Å². The topological polar surface area (TPSA) is 111 Å². The highest BCUT2D eigenvalue weighted by atomic mass is 32.2. The van der Waals surface area contributed by atoms with Crippen LogP contribution in [0.5, 0.6) is 11.5 Å². The molecule has 0 aliphatic carbocycles. The molecule has 2 aromatic rings. The van der Waals surface area contributed by atoms with E-state index in [1.165, 1.54) is 11.8 Å². The number of hydrogen-bond acceptors (Lipinski definition) is 8. The first kappa shape index (κ1) is 24.3. The summed E-state index contributed by atoms with van der Waals surface area (Å²) in [5.41, 5.74) is 1.81. The fourth-order valence-electron chi connectivity index (χ4n) is 2.89. The van der Waals surface area contributed by atoms with Crippen molar-refractivity contribution >= 4 is 35.0 Å². The molecule has 33 heavy (non-hydrogen) atoms. The molecular formula is C23H26N4O5S. The highest BCUT2D eigenvalue weighted by Gasteiger charge is 2.32. The number of nitrogens with zero attached hydrogens (tertiary/aromatic N) is 2. The lowest BCUT2D eigenvalue weighted by atomic mass is 10.2. The highest BCUT2D eigenvalue weighted by molar-refractivity contribution is 8.15. The predicted molar refractivity (Wildman–Crippen MR) is 128 cm³/mol. The number of thioether (sulfide) groups is 1. The Bertz CT molecular complexity index is 1010. The van der Waals surface area contributed by atoms with Crippen LogP contribution in [-0.2, 0) is 20.9 Å². The summed E-state index contributed by atoms with van der Waals surface area (Å²) in [5, 5.41) is 13.2. The van der Waals surface area contributed by atoms with Crippen molar-refractivity contribution in [1.29, 1.82) is 0 Å². The maximum Gasteiger partial charge on any atom is 0.240 e. The fraction of sp³-hybridized carbons (Fsp3) is 0.304. The van der Waals surface area contributed by atoms with Crippen molar-refractivity contribution in [3.05, 3.63) is 59.7 Å². The maximum atomic E-state index is 12.1. The monoisotopic (exact) mass is 470 g/mol. The number of amides is 2. The lowest BCUT2D eigenvalue weighted by Crippen LogP contribution is -2.32. The van der Waals surface area contributed by atoms with E-state index in [4.69, 9.17) is 14.2 Å². The van der Waals surface area contributed by atoms with Gasteiger partial charge in [0.05, 0.1) is 19.9 Å². The second-order valence-corrected chi connectivity index (χ2v) is 8.17. The first-order chi connectivity index (χ1) is 16.1. The van der Waals surface area contributed by atoms with Gasteiger partial charge in [0.1, 0.15) is 11.9 Å². The molecule has 2 amide bonds. The van der Waals surface area contributed by atoms with E-state index in [-0.39, 0.29) is 18.2 Å². The lowest BCUT2D eigenvalue weighted by molar-refractivity contribution is -0.125. The number of methoxy groups -OCH3 is 2. The molecule has 0 bridgehead atoms. The zero-order valence-electron chi connectivity index (χ0n) is 18.4. The van der Waals surface area contributed by atoms with Crippen LogP contribution in [0.15, 0.2) is 58.7 Å². The van der Waals surface area contributed by atoms with E-state index in [9.17, 15) is 9.59 Å². The van der Waals surface area contributed by atoms with E-state index in [0.717, 1.165) is 11.1 Å². The van der Waals surface area contributed by atoms with Gasteiger partial charge in [0.25, 0.3) is 0 Å². The average molecular weight is 471 g/mol. The van der Waals surface area contributed by atoms with Crippen molar-refractivity contribution in [3.63, 3.8) is 0 Å². The number of carbonyl (C=O) groups is 2. The van der Waals surface area contributed by atoms with Crippen molar-refractivity contribution in [1.82, 2.24) is 10.6 Å². The van der Waals surface area contributed by atoms with Crippen LogP contribution in [0.25, 0.3) is 0 Å². The summed E-state index contributed by atoms with van der Waals surface area (Å²) in [4.78, 5) is 24.0. The van der Waals surface area contributed by atoms with Gasteiger partial charge < -0.3 is 24.8 Å². The third kappa shape index (κ3) is 7.62. The van der Waals surface area contributed by atoms with Crippen LogP contribution in [0.4, 0.5) is 0 Å². The van der Waals surface area contributed by atoms with Gasteiger partial charge >= 0.3 is 0 Å². The van der Waals surface area contributed by atoms with Crippen LogP contribution in [-0.4, -0.2) is 55.8 Å². The lowest BCUT2D eigenvalue weighted by Gasteiger charge is -2.11. The molecule has 10 heteroatoms. The minimum Gasteiger partial charge on any atom is -0.493 e. The van der Waals surface area contributed by atoms with Crippen molar-refractivity contribution < 1.29 is 23.8 Å². The van der Waals surface area contributed by atoms with E-state index in [0.29, 0.717) is 36.4 Å². The highest BCUT2D eigenvalue weighted by Crippen LogP contribution is 2.28. The number of nitrogens with one attached hydrogen (secondary N) is 2. The molecule has 174 valence electrons. The Labute approximate surface area is 196 Å². The average Bonchev–Trinajstić information content (AvgIpc) is 3.17. The number of carbonyl (C=O) groups excluding carboxylic acids is 2.